The average Bonchev–Trinajstić information content (AvgIpc) is 2.03. The van der Waals surface area contributed by atoms with Gasteiger partial charge in [0.25, 0.3) is 0 Å². The Morgan fingerprint density at radius 3 is 2.36 bits per heavy atom. The lowest BCUT2D eigenvalue weighted by molar-refractivity contribution is -0.166. The Morgan fingerprint density at radius 2 is 1.93 bits per heavy atom. The summed E-state index contributed by atoms with van der Waals surface area (Å²) in [5.74, 6) is -0.220. The lowest BCUT2D eigenvalue weighted by atomic mass is 10.3. The van der Waals surface area contributed by atoms with Gasteiger partial charge in [0.1, 0.15) is 0 Å². The molecule has 0 rings (SSSR count). The molecule has 14 heavy (non-hydrogen) atoms. The lowest BCUT2D eigenvalue weighted by Gasteiger charge is -2.17. The van der Waals surface area contributed by atoms with Crippen molar-refractivity contribution in [3.05, 3.63) is 0 Å². The van der Waals surface area contributed by atoms with E-state index in [1.54, 1.807) is 6.92 Å². The summed E-state index contributed by atoms with van der Waals surface area (Å²) in [7, 11) is 0. The molecule has 0 aliphatic heterocycles. The monoisotopic (exact) mass is 218 g/mol. The van der Waals surface area contributed by atoms with Gasteiger partial charge in [-0.15, -0.1) is 0 Å². The van der Waals surface area contributed by atoms with Crippen molar-refractivity contribution < 1.29 is 14.3 Å². The minimum Gasteiger partial charge on any atom is -0.449 e. The molecule has 0 radical (unpaired) electrons. The van der Waals surface area contributed by atoms with Crippen LogP contribution in [-0.4, -0.2) is 17.3 Å². The third-order valence-corrected chi connectivity index (χ3v) is 1.64. The summed E-state index contributed by atoms with van der Waals surface area (Å²) in [5.41, 5.74) is 0. The van der Waals surface area contributed by atoms with E-state index in [-0.39, 0.29) is 5.97 Å². The first kappa shape index (κ1) is 13.4. The maximum atomic E-state index is 11.2. The standard InChI is InChI=1S/C10H18O3S/c1-4-6-9(11)13-10(7-5-2)12-8(3)14/h10H,4-7H2,1-3H3/t10-/m0/s1. The predicted molar refractivity (Wildman–Crippen MR) is 59.1 cm³/mol. The van der Waals surface area contributed by atoms with E-state index in [1.807, 2.05) is 13.8 Å². The Balaban J connectivity index is 3.94. The van der Waals surface area contributed by atoms with Crippen LogP contribution in [0.4, 0.5) is 0 Å². The Hall–Kier alpha value is -0.640. The number of thiocarbonyl (C=S) groups is 1. The first-order valence-corrected chi connectivity index (χ1v) is 5.37. The van der Waals surface area contributed by atoms with Crippen molar-refractivity contribution in [3.63, 3.8) is 0 Å². The summed E-state index contributed by atoms with van der Waals surface area (Å²) in [6.45, 7) is 5.61. The summed E-state index contributed by atoms with van der Waals surface area (Å²) in [6.07, 6.45) is 2.29. The number of hydrogen-bond acceptors (Lipinski definition) is 4. The van der Waals surface area contributed by atoms with E-state index < -0.39 is 6.29 Å². The van der Waals surface area contributed by atoms with E-state index in [9.17, 15) is 4.79 Å². The van der Waals surface area contributed by atoms with Crippen molar-refractivity contribution in [2.45, 2.75) is 52.7 Å². The number of carbonyl (C=O) groups is 1. The van der Waals surface area contributed by atoms with Crippen LogP contribution in [0.15, 0.2) is 0 Å². The molecule has 0 N–H and O–H groups in total. The molecular weight excluding hydrogens is 200 g/mol. The Labute approximate surface area is 90.8 Å². The third kappa shape index (κ3) is 6.83. The molecule has 0 saturated heterocycles. The van der Waals surface area contributed by atoms with Crippen molar-refractivity contribution in [3.8, 4) is 0 Å². The van der Waals surface area contributed by atoms with Gasteiger partial charge < -0.3 is 9.47 Å². The van der Waals surface area contributed by atoms with Gasteiger partial charge in [-0.2, -0.15) is 0 Å². The predicted octanol–water partition coefficient (Wildman–Crippen LogP) is 2.82. The normalized spacial score (nSPS) is 11.9. The second-order valence-corrected chi connectivity index (χ2v) is 3.64. The van der Waals surface area contributed by atoms with E-state index in [1.165, 1.54) is 0 Å². The summed E-state index contributed by atoms with van der Waals surface area (Å²) in [6, 6.07) is 0. The van der Waals surface area contributed by atoms with E-state index in [0.29, 0.717) is 17.9 Å². The second kappa shape index (κ2) is 7.74. The topological polar surface area (TPSA) is 35.5 Å². The molecule has 4 heteroatoms. The highest BCUT2D eigenvalue weighted by molar-refractivity contribution is 7.80. The lowest BCUT2D eigenvalue weighted by Crippen LogP contribution is -2.22. The molecule has 0 saturated carbocycles. The second-order valence-electron chi connectivity index (χ2n) is 3.07. The Kier molecular flexibility index (Phi) is 7.38. The van der Waals surface area contributed by atoms with Gasteiger partial charge in [0.05, 0.1) is 0 Å². The fraction of sp³-hybridized carbons (Fsp3) is 0.800. The van der Waals surface area contributed by atoms with Crippen LogP contribution in [0.25, 0.3) is 0 Å². The molecule has 0 amide bonds. The highest BCUT2D eigenvalue weighted by Crippen LogP contribution is 2.07. The van der Waals surface area contributed by atoms with Gasteiger partial charge in [0, 0.05) is 19.8 Å². The minimum absolute atomic E-state index is 0.220. The molecule has 0 fully saturated rings. The number of ether oxygens (including phenoxy) is 2. The molecule has 0 aromatic carbocycles. The van der Waals surface area contributed by atoms with Gasteiger partial charge in [-0.25, -0.2) is 0 Å². The van der Waals surface area contributed by atoms with Crippen molar-refractivity contribution >= 4 is 23.2 Å². The Bertz CT molecular complexity index is 192. The van der Waals surface area contributed by atoms with Crippen LogP contribution in [-0.2, 0) is 14.3 Å². The zero-order chi connectivity index (χ0) is 11.0. The van der Waals surface area contributed by atoms with Crippen LogP contribution >= 0.6 is 12.2 Å². The van der Waals surface area contributed by atoms with E-state index >= 15 is 0 Å². The van der Waals surface area contributed by atoms with Crippen molar-refractivity contribution in [2.75, 3.05) is 0 Å². The summed E-state index contributed by atoms with van der Waals surface area (Å²) < 4.78 is 10.3. The maximum Gasteiger partial charge on any atom is 0.308 e. The van der Waals surface area contributed by atoms with Crippen molar-refractivity contribution in [1.82, 2.24) is 0 Å². The smallest absolute Gasteiger partial charge is 0.308 e. The molecule has 0 heterocycles. The molecule has 0 spiro atoms. The van der Waals surface area contributed by atoms with Crippen molar-refractivity contribution in [1.29, 1.82) is 0 Å². The molecule has 1 atom stereocenters. The molecule has 0 aromatic rings. The van der Waals surface area contributed by atoms with E-state index in [4.69, 9.17) is 21.7 Å². The van der Waals surface area contributed by atoms with E-state index in [2.05, 4.69) is 0 Å². The van der Waals surface area contributed by atoms with E-state index in [0.717, 1.165) is 12.8 Å². The zero-order valence-electron chi connectivity index (χ0n) is 9.04. The minimum atomic E-state index is -0.503. The molecule has 82 valence electrons. The third-order valence-electron chi connectivity index (χ3n) is 1.54. The quantitative estimate of drug-likeness (QED) is 0.390. The molecule has 0 unspecified atom stereocenters. The Morgan fingerprint density at radius 1 is 1.29 bits per heavy atom. The fourth-order valence-corrected chi connectivity index (χ4v) is 1.08. The molecule has 3 nitrogen and oxygen atoms in total. The SMILES string of the molecule is CCCC(=O)O[C@@H](CCC)OC(C)=S. The molecule has 0 bridgehead atoms. The van der Waals surface area contributed by atoms with Crippen LogP contribution in [0.1, 0.15) is 46.5 Å². The van der Waals surface area contributed by atoms with Gasteiger partial charge in [-0.05, 0) is 25.1 Å². The summed E-state index contributed by atoms with van der Waals surface area (Å²) in [4.78, 5) is 11.2. The van der Waals surface area contributed by atoms with Crippen LogP contribution in [0, 0.1) is 0 Å². The number of hydrogen-bond donors (Lipinski definition) is 0. The van der Waals surface area contributed by atoms with Crippen molar-refractivity contribution in [2.24, 2.45) is 0 Å². The van der Waals surface area contributed by atoms with Crippen LogP contribution in [0.2, 0.25) is 0 Å². The van der Waals surface area contributed by atoms with Gasteiger partial charge >= 0.3 is 5.97 Å². The van der Waals surface area contributed by atoms with Gasteiger partial charge in [0.15, 0.2) is 5.05 Å². The first-order chi connectivity index (χ1) is 6.60. The largest absolute Gasteiger partial charge is 0.449 e. The molecule has 0 aromatic heterocycles. The maximum absolute atomic E-state index is 11.2. The van der Waals surface area contributed by atoms with Gasteiger partial charge in [0.2, 0.25) is 6.29 Å². The van der Waals surface area contributed by atoms with Gasteiger partial charge in [-0.3, -0.25) is 4.79 Å². The first-order valence-electron chi connectivity index (χ1n) is 4.96. The highest BCUT2D eigenvalue weighted by Gasteiger charge is 2.14. The molecule has 0 aliphatic carbocycles. The highest BCUT2D eigenvalue weighted by atomic mass is 32.1. The van der Waals surface area contributed by atoms with Crippen LogP contribution < -0.4 is 0 Å². The molecular formula is C10H18O3S. The van der Waals surface area contributed by atoms with Gasteiger partial charge in [-0.1, -0.05) is 13.8 Å². The number of esters is 1. The summed E-state index contributed by atoms with van der Waals surface area (Å²) >= 11 is 4.79. The average molecular weight is 218 g/mol. The summed E-state index contributed by atoms with van der Waals surface area (Å²) in [5, 5.41) is 0.410. The molecule has 0 aliphatic rings. The number of rotatable bonds is 6. The number of carbonyl (C=O) groups excluding carboxylic acids is 1. The zero-order valence-corrected chi connectivity index (χ0v) is 9.86. The van der Waals surface area contributed by atoms with Crippen LogP contribution in [0.3, 0.4) is 0 Å². The van der Waals surface area contributed by atoms with Crippen LogP contribution in [0.5, 0.6) is 0 Å². The fourth-order valence-electron chi connectivity index (χ4n) is 0.972.